The van der Waals surface area contributed by atoms with Gasteiger partial charge in [0.2, 0.25) is 0 Å². The number of β-amino-alcohol motifs (C(OH)–C–C–N with tert-alkyl or cyclic N) is 1. The Bertz CT molecular complexity index is 766. The summed E-state index contributed by atoms with van der Waals surface area (Å²) in [5, 5.41) is 11.2. The smallest absolute Gasteiger partial charge is 0.348 e. The second-order valence-corrected chi connectivity index (χ2v) is 6.98. The molecule has 0 amide bonds. The molecule has 1 N–H and O–H groups in total. The van der Waals surface area contributed by atoms with Crippen molar-refractivity contribution in [2.45, 2.75) is 39.7 Å². The molecule has 1 aliphatic heterocycles. The van der Waals surface area contributed by atoms with Crippen LogP contribution in [0, 0.1) is 13.8 Å². The average molecular weight is 335 g/mol. The van der Waals surface area contributed by atoms with Crippen LogP contribution in [0.25, 0.3) is 10.2 Å². The third-order valence-corrected chi connectivity index (χ3v) is 5.44. The number of hydrogen-bond acceptors (Lipinski definition) is 7. The van der Waals surface area contributed by atoms with Crippen LogP contribution in [0.15, 0.2) is 0 Å². The standard InChI is InChI=1S/C16H21N3O3S/c1-5-16(21)7-19(8-16)13-11-9(3)12(15(20)22-6-2)23-14(11)18-10(4)17-13/h21H,5-8H2,1-4H3. The number of aryl methyl sites for hydroxylation is 2. The zero-order valence-electron chi connectivity index (χ0n) is 13.8. The fraction of sp³-hybridized carbons (Fsp3) is 0.562. The van der Waals surface area contributed by atoms with E-state index in [0.29, 0.717) is 36.8 Å². The molecule has 0 unspecified atom stereocenters. The van der Waals surface area contributed by atoms with Gasteiger partial charge in [0.25, 0.3) is 0 Å². The van der Waals surface area contributed by atoms with Gasteiger partial charge >= 0.3 is 5.97 Å². The van der Waals surface area contributed by atoms with E-state index in [0.717, 1.165) is 21.6 Å². The first-order chi connectivity index (χ1) is 10.9. The first-order valence-corrected chi connectivity index (χ1v) is 8.62. The second-order valence-electron chi connectivity index (χ2n) is 5.99. The van der Waals surface area contributed by atoms with Crippen molar-refractivity contribution in [2.24, 2.45) is 0 Å². The van der Waals surface area contributed by atoms with Gasteiger partial charge in [0, 0.05) is 13.1 Å². The molecule has 3 heterocycles. The molecule has 0 atom stereocenters. The largest absolute Gasteiger partial charge is 0.462 e. The third-order valence-electron chi connectivity index (χ3n) is 4.27. The highest BCUT2D eigenvalue weighted by Gasteiger charge is 2.41. The molecule has 0 aromatic carbocycles. The minimum atomic E-state index is -0.640. The van der Waals surface area contributed by atoms with Gasteiger partial charge in [-0.1, -0.05) is 6.92 Å². The first-order valence-electron chi connectivity index (χ1n) is 7.80. The number of nitrogens with zero attached hydrogens (tertiary/aromatic N) is 3. The monoisotopic (exact) mass is 335 g/mol. The van der Waals surface area contributed by atoms with Crippen LogP contribution < -0.4 is 4.90 Å². The summed E-state index contributed by atoms with van der Waals surface area (Å²) in [6, 6.07) is 0. The number of carbonyl (C=O) groups is 1. The van der Waals surface area contributed by atoms with Crippen molar-refractivity contribution < 1.29 is 14.6 Å². The third kappa shape index (κ3) is 2.68. The molecule has 2 aromatic rings. The minimum Gasteiger partial charge on any atom is -0.462 e. The topological polar surface area (TPSA) is 75.5 Å². The summed E-state index contributed by atoms with van der Waals surface area (Å²) >= 11 is 1.34. The quantitative estimate of drug-likeness (QED) is 0.865. The van der Waals surface area contributed by atoms with Crippen LogP contribution in [0.4, 0.5) is 5.82 Å². The highest BCUT2D eigenvalue weighted by molar-refractivity contribution is 7.20. The van der Waals surface area contributed by atoms with Crippen LogP contribution in [0.2, 0.25) is 0 Å². The van der Waals surface area contributed by atoms with Gasteiger partial charge in [0.1, 0.15) is 21.3 Å². The van der Waals surface area contributed by atoms with Crippen LogP contribution in [0.5, 0.6) is 0 Å². The van der Waals surface area contributed by atoms with Gasteiger partial charge in [-0.15, -0.1) is 11.3 Å². The number of carbonyl (C=O) groups excluding carboxylic acids is 1. The summed E-state index contributed by atoms with van der Waals surface area (Å²) in [5.74, 6) is 1.15. The summed E-state index contributed by atoms with van der Waals surface area (Å²) in [7, 11) is 0. The van der Waals surface area contributed by atoms with Crippen molar-refractivity contribution >= 4 is 33.3 Å². The van der Waals surface area contributed by atoms with Crippen LogP contribution >= 0.6 is 11.3 Å². The Morgan fingerprint density at radius 2 is 2.04 bits per heavy atom. The molecule has 23 heavy (non-hydrogen) atoms. The van der Waals surface area contributed by atoms with Crippen molar-refractivity contribution in [3.05, 3.63) is 16.3 Å². The molecule has 3 rings (SSSR count). The van der Waals surface area contributed by atoms with E-state index in [1.807, 2.05) is 20.8 Å². The highest BCUT2D eigenvalue weighted by atomic mass is 32.1. The van der Waals surface area contributed by atoms with Gasteiger partial charge < -0.3 is 14.7 Å². The minimum absolute atomic E-state index is 0.315. The maximum atomic E-state index is 12.1. The van der Waals surface area contributed by atoms with E-state index in [-0.39, 0.29) is 5.97 Å². The average Bonchev–Trinajstić information content (AvgIpc) is 2.80. The molecule has 0 radical (unpaired) electrons. The SMILES string of the molecule is CCOC(=O)c1sc2nc(C)nc(N3CC(O)(CC)C3)c2c1C. The number of fused-ring (bicyclic) bond motifs is 1. The van der Waals surface area contributed by atoms with Gasteiger partial charge in [0.15, 0.2) is 0 Å². The van der Waals surface area contributed by atoms with E-state index in [2.05, 4.69) is 14.9 Å². The summed E-state index contributed by atoms with van der Waals surface area (Å²) in [4.78, 5) is 24.6. The Morgan fingerprint density at radius 1 is 1.35 bits per heavy atom. The fourth-order valence-electron chi connectivity index (χ4n) is 2.88. The Morgan fingerprint density at radius 3 is 2.65 bits per heavy atom. The Hall–Kier alpha value is -1.73. The molecule has 7 heteroatoms. The number of rotatable bonds is 4. The summed E-state index contributed by atoms with van der Waals surface area (Å²) in [6.45, 7) is 8.97. The van der Waals surface area contributed by atoms with E-state index >= 15 is 0 Å². The van der Waals surface area contributed by atoms with Crippen LogP contribution in [0.1, 0.15) is 41.3 Å². The van der Waals surface area contributed by atoms with Gasteiger partial charge in [-0.05, 0) is 32.8 Å². The van der Waals surface area contributed by atoms with Gasteiger partial charge in [-0.2, -0.15) is 0 Å². The van der Waals surface area contributed by atoms with Gasteiger partial charge in [0.05, 0.1) is 17.6 Å². The molecule has 0 spiro atoms. The maximum Gasteiger partial charge on any atom is 0.348 e. The molecule has 6 nitrogen and oxygen atoms in total. The van der Waals surface area contributed by atoms with Crippen LogP contribution in [-0.4, -0.2) is 46.3 Å². The Balaban J connectivity index is 2.06. The molecule has 2 aromatic heterocycles. The van der Waals surface area contributed by atoms with Crippen molar-refractivity contribution in [1.29, 1.82) is 0 Å². The number of aromatic nitrogens is 2. The highest BCUT2D eigenvalue weighted by Crippen LogP contribution is 2.39. The van der Waals surface area contributed by atoms with E-state index in [1.165, 1.54) is 11.3 Å². The molecule has 1 fully saturated rings. The van der Waals surface area contributed by atoms with Crippen molar-refractivity contribution in [1.82, 2.24) is 9.97 Å². The van der Waals surface area contributed by atoms with Crippen molar-refractivity contribution in [3.63, 3.8) is 0 Å². The van der Waals surface area contributed by atoms with Crippen molar-refractivity contribution in [3.8, 4) is 0 Å². The number of ether oxygens (including phenoxy) is 1. The zero-order valence-corrected chi connectivity index (χ0v) is 14.7. The molecular weight excluding hydrogens is 314 g/mol. The normalized spacial score (nSPS) is 16.5. The maximum absolute atomic E-state index is 12.1. The Labute approximate surface area is 139 Å². The number of aliphatic hydroxyl groups is 1. The molecule has 124 valence electrons. The number of esters is 1. The van der Waals surface area contributed by atoms with Crippen LogP contribution in [-0.2, 0) is 4.74 Å². The summed E-state index contributed by atoms with van der Waals surface area (Å²) in [6.07, 6.45) is 0.716. The van der Waals surface area contributed by atoms with Gasteiger partial charge in [-0.3, -0.25) is 0 Å². The molecule has 0 saturated carbocycles. The lowest BCUT2D eigenvalue weighted by molar-refractivity contribution is 0.00820. The molecule has 0 bridgehead atoms. The number of anilines is 1. The van der Waals surface area contributed by atoms with E-state index in [4.69, 9.17) is 4.74 Å². The molecule has 0 aliphatic carbocycles. The molecular formula is C16H21N3O3S. The zero-order chi connectivity index (χ0) is 16.8. The summed E-state index contributed by atoms with van der Waals surface area (Å²) < 4.78 is 5.13. The predicted molar refractivity (Wildman–Crippen MR) is 90.3 cm³/mol. The number of thiophene rings is 1. The first kappa shape index (κ1) is 16.1. The molecule has 1 saturated heterocycles. The fourth-order valence-corrected chi connectivity index (χ4v) is 3.99. The lowest BCUT2D eigenvalue weighted by Crippen LogP contribution is -2.62. The van der Waals surface area contributed by atoms with E-state index in [1.54, 1.807) is 6.92 Å². The second kappa shape index (κ2) is 5.72. The lowest BCUT2D eigenvalue weighted by atomic mass is 9.91. The van der Waals surface area contributed by atoms with E-state index < -0.39 is 5.60 Å². The Kier molecular flexibility index (Phi) is 4.01. The van der Waals surface area contributed by atoms with Crippen molar-refractivity contribution in [2.75, 3.05) is 24.6 Å². The van der Waals surface area contributed by atoms with E-state index in [9.17, 15) is 9.90 Å². The van der Waals surface area contributed by atoms with Gasteiger partial charge in [-0.25, -0.2) is 14.8 Å². The predicted octanol–water partition coefficient (Wildman–Crippen LogP) is 2.45. The molecule has 1 aliphatic rings. The number of hydrogen-bond donors (Lipinski definition) is 1. The summed E-state index contributed by atoms with van der Waals surface area (Å²) in [5.41, 5.74) is 0.212. The lowest BCUT2D eigenvalue weighted by Gasteiger charge is -2.47. The van der Waals surface area contributed by atoms with Crippen LogP contribution in [0.3, 0.4) is 0 Å².